The first-order valence-electron chi connectivity index (χ1n) is 10.1. The number of anilines is 1. The summed E-state index contributed by atoms with van der Waals surface area (Å²) in [6.45, 7) is 3.80. The lowest BCUT2D eigenvalue weighted by molar-refractivity contribution is -0.127. The van der Waals surface area contributed by atoms with Crippen molar-refractivity contribution in [3.05, 3.63) is 58.2 Å². The summed E-state index contributed by atoms with van der Waals surface area (Å²) in [6.07, 6.45) is 2.17. The molecule has 32 heavy (non-hydrogen) atoms. The van der Waals surface area contributed by atoms with Crippen LogP contribution in [0.25, 0.3) is 6.08 Å². The van der Waals surface area contributed by atoms with E-state index < -0.39 is 24.4 Å². The van der Waals surface area contributed by atoms with Crippen LogP contribution >= 0.6 is 11.6 Å². The maximum atomic E-state index is 12.8. The van der Waals surface area contributed by atoms with Crippen molar-refractivity contribution in [2.75, 3.05) is 25.6 Å². The number of amides is 4. The van der Waals surface area contributed by atoms with Crippen molar-refractivity contribution in [2.45, 2.75) is 20.3 Å². The fourth-order valence-corrected chi connectivity index (χ4v) is 3.45. The van der Waals surface area contributed by atoms with Crippen LogP contribution < -0.4 is 20.1 Å². The Morgan fingerprint density at radius 1 is 1.19 bits per heavy atom. The number of imide groups is 1. The normalized spacial score (nSPS) is 14.5. The van der Waals surface area contributed by atoms with Crippen LogP contribution in [-0.2, 0) is 16.0 Å². The number of benzene rings is 2. The highest BCUT2D eigenvalue weighted by molar-refractivity contribution is 6.32. The topological polar surface area (TPSA) is 97.0 Å². The summed E-state index contributed by atoms with van der Waals surface area (Å²) in [4.78, 5) is 38.4. The zero-order valence-corrected chi connectivity index (χ0v) is 18.8. The Kier molecular flexibility index (Phi) is 7.37. The molecule has 2 aromatic rings. The minimum atomic E-state index is -0.685. The molecule has 0 aromatic heterocycles. The molecular formula is C23H24ClN3O5. The molecule has 0 radical (unpaired) electrons. The third-order valence-electron chi connectivity index (χ3n) is 4.82. The lowest BCUT2D eigenvalue weighted by atomic mass is 10.1. The minimum absolute atomic E-state index is 0.00581. The second kappa shape index (κ2) is 10.2. The fourth-order valence-electron chi connectivity index (χ4n) is 3.24. The zero-order chi connectivity index (χ0) is 23.3. The van der Waals surface area contributed by atoms with Crippen LogP contribution in [0.4, 0.5) is 10.5 Å². The lowest BCUT2D eigenvalue weighted by Gasteiger charge is -2.14. The van der Waals surface area contributed by atoms with Gasteiger partial charge in [-0.2, -0.15) is 0 Å². The molecule has 0 unspecified atom stereocenters. The van der Waals surface area contributed by atoms with Crippen molar-refractivity contribution in [1.29, 1.82) is 0 Å². The molecule has 9 heteroatoms. The van der Waals surface area contributed by atoms with Crippen molar-refractivity contribution >= 4 is 41.2 Å². The van der Waals surface area contributed by atoms with E-state index in [0.717, 1.165) is 16.9 Å². The van der Waals surface area contributed by atoms with E-state index in [1.165, 1.54) is 13.2 Å². The number of urea groups is 1. The quantitative estimate of drug-likeness (QED) is 0.463. The predicted octanol–water partition coefficient (Wildman–Crippen LogP) is 3.84. The first-order chi connectivity index (χ1) is 15.4. The molecule has 1 aliphatic heterocycles. The van der Waals surface area contributed by atoms with Gasteiger partial charge in [0, 0.05) is 11.8 Å². The molecule has 1 saturated heterocycles. The molecule has 4 amide bonds. The molecule has 168 valence electrons. The predicted molar refractivity (Wildman–Crippen MR) is 122 cm³/mol. The largest absolute Gasteiger partial charge is 0.493 e. The van der Waals surface area contributed by atoms with Crippen molar-refractivity contribution < 1.29 is 23.9 Å². The Hall–Kier alpha value is -3.52. The van der Waals surface area contributed by atoms with Crippen LogP contribution in [0.1, 0.15) is 25.0 Å². The van der Waals surface area contributed by atoms with Crippen LogP contribution in [0.3, 0.4) is 0 Å². The van der Waals surface area contributed by atoms with Crippen LogP contribution in [-0.4, -0.2) is 43.0 Å². The summed E-state index contributed by atoms with van der Waals surface area (Å²) in [5, 5.41) is 5.55. The molecule has 0 bridgehead atoms. The number of aryl methyl sites for hydroxylation is 1. The van der Waals surface area contributed by atoms with Gasteiger partial charge in [-0.3, -0.25) is 9.59 Å². The Balaban J connectivity index is 1.78. The Morgan fingerprint density at radius 3 is 2.62 bits per heavy atom. The van der Waals surface area contributed by atoms with E-state index in [4.69, 9.17) is 21.1 Å². The SMILES string of the molecule is CCOc1cc(/C=C2/NC(=O)N(CC(=O)Nc3ccccc3CC)C2=O)c(Cl)cc1OC. The number of rotatable bonds is 8. The van der Waals surface area contributed by atoms with E-state index >= 15 is 0 Å². The number of ether oxygens (including phenoxy) is 2. The third kappa shape index (κ3) is 5.03. The molecule has 2 N–H and O–H groups in total. The molecule has 0 spiro atoms. The number of carbonyl (C=O) groups is 3. The second-order valence-electron chi connectivity index (χ2n) is 6.90. The van der Waals surface area contributed by atoms with Gasteiger partial charge >= 0.3 is 6.03 Å². The van der Waals surface area contributed by atoms with Gasteiger partial charge in [0.25, 0.3) is 5.91 Å². The number of hydrogen-bond donors (Lipinski definition) is 2. The van der Waals surface area contributed by atoms with Gasteiger partial charge in [-0.05, 0) is 42.7 Å². The molecule has 0 atom stereocenters. The van der Waals surface area contributed by atoms with E-state index in [1.54, 1.807) is 24.3 Å². The molecular weight excluding hydrogens is 434 g/mol. The van der Waals surface area contributed by atoms with E-state index in [2.05, 4.69) is 10.6 Å². The summed E-state index contributed by atoms with van der Waals surface area (Å²) >= 11 is 6.30. The van der Waals surface area contributed by atoms with Gasteiger partial charge in [0.15, 0.2) is 11.5 Å². The average Bonchev–Trinajstić information content (AvgIpc) is 3.03. The number of methoxy groups -OCH3 is 1. The summed E-state index contributed by atoms with van der Waals surface area (Å²) < 4.78 is 10.8. The molecule has 8 nitrogen and oxygen atoms in total. The first-order valence-corrected chi connectivity index (χ1v) is 10.5. The second-order valence-corrected chi connectivity index (χ2v) is 7.30. The average molecular weight is 458 g/mol. The maximum absolute atomic E-state index is 12.8. The fraction of sp³-hybridized carbons (Fsp3) is 0.261. The summed E-state index contributed by atoms with van der Waals surface area (Å²) in [5.74, 6) is -0.198. The number of nitrogens with one attached hydrogen (secondary N) is 2. The van der Waals surface area contributed by atoms with Gasteiger partial charge in [0.1, 0.15) is 12.2 Å². The molecule has 2 aromatic carbocycles. The van der Waals surface area contributed by atoms with Crippen molar-refractivity contribution in [2.24, 2.45) is 0 Å². The van der Waals surface area contributed by atoms with Crippen LogP contribution in [0.15, 0.2) is 42.1 Å². The molecule has 0 saturated carbocycles. The van der Waals surface area contributed by atoms with E-state index in [-0.39, 0.29) is 5.70 Å². The third-order valence-corrected chi connectivity index (χ3v) is 5.15. The standard InChI is InChI=1S/C23H24ClN3O5/c1-4-14-8-6-7-9-17(14)25-21(28)13-27-22(29)18(26-23(27)30)10-15-11-20(32-5-2)19(31-3)12-16(15)24/h6-12H,4-5,13H2,1-3H3,(H,25,28)(H,26,30)/b18-10+. The number of carbonyl (C=O) groups excluding carboxylic acids is 3. The highest BCUT2D eigenvalue weighted by Gasteiger charge is 2.35. The summed E-state index contributed by atoms with van der Waals surface area (Å²) in [7, 11) is 1.49. The zero-order valence-electron chi connectivity index (χ0n) is 18.0. The number of hydrogen-bond acceptors (Lipinski definition) is 5. The summed E-state index contributed by atoms with van der Waals surface area (Å²) in [5.41, 5.74) is 2.07. The number of nitrogens with zero attached hydrogens (tertiary/aromatic N) is 1. The van der Waals surface area contributed by atoms with Crippen molar-refractivity contribution in [3.8, 4) is 11.5 Å². The minimum Gasteiger partial charge on any atom is -0.493 e. The molecule has 1 heterocycles. The monoisotopic (exact) mass is 457 g/mol. The summed E-state index contributed by atoms with van der Waals surface area (Å²) in [6, 6.07) is 9.86. The van der Waals surface area contributed by atoms with Crippen LogP contribution in [0.5, 0.6) is 11.5 Å². The van der Waals surface area contributed by atoms with Gasteiger partial charge < -0.3 is 20.1 Å². The van der Waals surface area contributed by atoms with Gasteiger partial charge in [-0.25, -0.2) is 9.69 Å². The van der Waals surface area contributed by atoms with E-state index in [9.17, 15) is 14.4 Å². The first kappa shape index (κ1) is 23.1. The molecule has 0 aliphatic carbocycles. The van der Waals surface area contributed by atoms with Crippen LogP contribution in [0, 0.1) is 0 Å². The smallest absolute Gasteiger partial charge is 0.329 e. The number of halogens is 1. The Morgan fingerprint density at radius 2 is 1.94 bits per heavy atom. The highest BCUT2D eigenvalue weighted by Crippen LogP contribution is 2.34. The van der Waals surface area contributed by atoms with Crippen molar-refractivity contribution in [3.63, 3.8) is 0 Å². The molecule has 1 aliphatic rings. The van der Waals surface area contributed by atoms with Crippen molar-refractivity contribution in [1.82, 2.24) is 10.2 Å². The Labute approximate surface area is 191 Å². The van der Waals surface area contributed by atoms with Gasteiger partial charge in [0.05, 0.1) is 18.7 Å². The van der Waals surface area contributed by atoms with E-state index in [1.807, 2.05) is 26.0 Å². The highest BCUT2D eigenvalue weighted by atomic mass is 35.5. The molecule has 3 rings (SSSR count). The Bertz CT molecular complexity index is 1080. The van der Waals surface area contributed by atoms with Gasteiger partial charge in [0.2, 0.25) is 5.91 Å². The lowest BCUT2D eigenvalue weighted by Crippen LogP contribution is -2.38. The van der Waals surface area contributed by atoms with Gasteiger partial charge in [-0.15, -0.1) is 0 Å². The number of para-hydroxylation sites is 1. The molecule has 1 fully saturated rings. The van der Waals surface area contributed by atoms with Gasteiger partial charge in [-0.1, -0.05) is 36.7 Å². The maximum Gasteiger partial charge on any atom is 0.329 e. The van der Waals surface area contributed by atoms with Crippen LogP contribution in [0.2, 0.25) is 5.02 Å². The van der Waals surface area contributed by atoms with E-state index in [0.29, 0.717) is 34.4 Å².